The van der Waals surface area contributed by atoms with Crippen molar-refractivity contribution in [3.63, 3.8) is 0 Å². The fraction of sp³-hybridized carbons (Fsp3) is 0.833. The number of carbonyl (C=O) groups excluding carboxylic acids is 2. The number of rotatable bonds is 4. The van der Waals surface area contributed by atoms with Gasteiger partial charge in [-0.1, -0.05) is 0 Å². The molecule has 0 aliphatic carbocycles. The van der Waals surface area contributed by atoms with E-state index >= 15 is 0 Å². The molecule has 11 nitrogen and oxygen atoms in total. The molecule has 0 radical (unpaired) electrons. The van der Waals surface area contributed by atoms with Crippen LogP contribution >= 0.6 is 12.4 Å². The van der Waals surface area contributed by atoms with Crippen LogP contribution in [0.2, 0.25) is 0 Å². The second-order valence-corrected chi connectivity index (χ2v) is 7.24. The Morgan fingerprint density at radius 3 is 2.30 bits per heavy atom. The van der Waals surface area contributed by atoms with Gasteiger partial charge in [0, 0.05) is 46.1 Å². The molecule has 0 bridgehead atoms. The molecule has 4 atom stereocenters. The summed E-state index contributed by atoms with van der Waals surface area (Å²) in [6, 6.07) is -1.12. The molecule has 2 amide bonds. The van der Waals surface area contributed by atoms with Crippen LogP contribution in [0.15, 0.2) is 0 Å². The highest BCUT2D eigenvalue weighted by Crippen LogP contribution is 2.09. The standard InChI is InChI=1S/C18H33N3O8.ClH/c1-12(22)21-8-7-20(16(25)5-4-13(19)18(27)28)6-2-3-9-29-11-15(24)17(26)14(23)10-21;/h13-15,17,23-24,26H,2-11,19H2,1H3,(H,27,28);1H/t13-,14+,15-,17-;/m1./s1. The lowest BCUT2D eigenvalue weighted by Crippen LogP contribution is -2.49. The number of aliphatic carboxylic acids is 1. The molecule has 1 rings (SSSR count). The maximum Gasteiger partial charge on any atom is 0.320 e. The summed E-state index contributed by atoms with van der Waals surface area (Å²) in [6.45, 7) is 1.96. The smallest absolute Gasteiger partial charge is 0.320 e. The third kappa shape index (κ3) is 10.0. The van der Waals surface area contributed by atoms with Crippen molar-refractivity contribution in [2.75, 3.05) is 39.4 Å². The molecular weight excluding hydrogens is 422 g/mol. The molecule has 0 aromatic heterocycles. The van der Waals surface area contributed by atoms with E-state index in [2.05, 4.69) is 0 Å². The van der Waals surface area contributed by atoms with Gasteiger partial charge < -0.3 is 40.7 Å². The molecule has 1 heterocycles. The molecule has 176 valence electrons. The number of ether oxygens (including phenoxy) is 1. The molecule has 0 aromatic rings. The van der Waals surface area contributed by atoms with Crippen LogP contribution in [-0.4, -0.2) is 112 Å². The Labute approximate surface area is 182 Å². The zero-order valence-corrected chi connectivity index (χ0v) is 18.0. The van der Waals surface area contributed by atoms with E-state index in [0.29, 0.717) is 26.0 Å². The zero-order valence-electron chi connectivity index (χ0n) is 17.2. The first kappa shape index (κ1) is 28.5. The van der Waals surface area contributed by atoms with Crippen LogP contribution < -0.4 is 5.73 Å². The average Bonchev–Trinajstić information content (AvgIpc) is 2.67. The minimum atomic E-state index is -1.48. The fourth-order valence-corrected chi connectivity index (χ4v) is 2.94. The summed E-state index contributed by atoms with van der Waals surface area (Å²) in [5.74, 6) is -1.79. The van der Waals surface area contributed by atoms with Crippen molar-refractivity contribution in [2.45, 2.75) is 57.0 Å². The summed E-state index contributed by atoms with van der Waals surface area (Å²) in [4.78, 5) is 38.1. The van der Waals surface area contributed by atoms with E-state index in [4.69, 9.17) is 15.6 Å². The molecule has 1 aliphatic heterocycles. The van der Waals surface area contributed by atoms with Crippen molar-refractivity contribution in [1.29, 1.82) is 0 Å². The van der Waals surface area contributed by atoms with Gasteiger partial charge in [-0.05, 0) is 19.3 Å². The maximum atomic E-state index is 12.5. The predicted molar refractivity (Wildman–Crippen MR) is 109 cm³/mol. The summed E-state index contributed by atoms with van der Waals surface area (Å²) >= 11 is 0. The van der Waals surface area contributed by atoms with Gasteiger partial charge >= 0.3 is 5.97 Å². The zero-order chi connectivity index (χ0) is 22.0. The fourth-order valence-electron chi connectivity index (χ4n) is 2.94. The van der Waals surface area contributed by atoms with Gasteiger partial charge in [-0.25, -0.2) is 0 Å². The lowest BCUT2D eigenvalue weighted by atomic mass is 10.1. The molecule has 0 unspecified atom stereocenters. The van der Waals surface area contributed by atoms with Crippen molar-refractivity contribution >= 4 is 30.2 Å². The first-order chi connectivity index (χ1) is 13.6. The summed E-state index contributed by atoms with van der Waals surface area (Å²) in [6.07, 6.45) is -2.95. The largest absolute Gasteiger partial charge is 0.480 e. The highest BCUT2D eigenvalue weighted by molar-refractivity contribution is 5.85. The van der Waals surface area contributed by atoms with Crippen LogP contribution in [0, 0.1) is 0 Å². The lowest BCUT2D eigenvalue weighted by molar-refractivity contribution is -0.140. The maximum absolute atomic E-state index is 12.5. The number of β-amino-alcohol motifs (C(OH)–C–C–N with tert-alkyl or cyclic N) is 1. The molecule has 1 fully saturated rings. The number of aliphatic hydroxyl groups excluding tert-OH is 3. The molecule has 30 heavy (non-hydrogen) atoms. The summed E-state index contributed by atoms with van der Waals surface area (Å²) in [7, 11) is 0. The Morgan fingerprint density at radius 2 is 1.70 bits per heavy atom. The van der Waals surface area contributed by atoms with E-state index in [-0.39, 0.29) is 63.3 Å². The monoisotopic (exact) mass is 455 g/mol. The van der Waals surface area contributed by atoms with Crippen molar-refractivity contribution in [2.24, 2.45) is 5.73 Å². The third-order valence-electron chi connectivity index (χ3n) is 4.88. The van der Waals surface area contributed by atoms with E-state index in [1.165, 1.54) is 16.7 Å². The minimum absolute atomic E-state index is 0. The lowest BCUT2D eigenvalue weighted by Gasteiger charge is -2.31. The molecule has 1 saturated heterocycles. The van der Waals surface area contributed by atoms with Gasteiger partial charge in [0.15, 0.2) is 0 Å². The van der Waals surface area contributed by atoms with Crippen molar-refractivity contribution in [3.05, 3.63) is 0 Å². The summed E-state index contributed by atoms with van der Waals surface area (Å²) < 4.78 is 5.30. The first-order valence-electron chi connectivity index (χ1n) is 9.77. The molecule has 1 aliphatic rings. The van der Waals surface area contributed by atoms with Gasteiger partial charge in [0.25, 0.3) is 0 Å². The number of amides is 2. The summed E-state index contributed by atoms with van der Waals surface area (Å²) in [5.41, 5.74) is 5.46. The highest BCUT2D eigenvalue weighted by Gasteiger charge is 2.28. The van der Waals surface area contributed by atoms with Crippen LogP contribution in [0.3, 0.4) is 0 Å². The van der Waals surface area contributed by atoms with E-state index < -0.39 is 30.3 Å². The molecule has 6 N–H and O–H groups in total. The second-order valence-electron chi connectivity index (χ2n) is 7.24. The Kier molecular flexibility index (Phi) is 13.8. The number of carbonyl (C=O) groups is 3. The van der Waals surface area contributed by atoms with Crippen LogP contribution in [0.5, 0.6) is 0 Å². The quantitative estimate of drug-likeness (QED) is 0.326. The van der Waals surface area contributed by atoms with Gasteiger partial charge in [-0.15, -0.1) is 12.4 Å². The van der Waals surface area contributed by atoms with E-state index in [1.807, 2.05) is 0 Å². The van der Waals surface area contributed by atoms with Gasteiger partial charge in [-0.2, -0.15) is 0 Å². The number of halogens is 1. The van der Waals surface area contributed by atoms with Crippen LogP contribution in [0.25, 0.3) is 0 Å². The Hall–Kier alpha value is -1.50. The normalized spacial score (nSPS) is 25.6. The molecule has 0 saturated carbocycles. The Bertz CT molecular complexity index is 554. The number of nitrogens with zero attached hydrogens (tertiary/aromatic N) is 2. The Balaban J connectivity index is 0.00000841. The number of carboxylic acid groups (broad SMARTS) is 1. The van der Waals surface area contributed by atoms with Gasteiger partial charge in [0.05, 0.1) is 6.61 Å². The van der Waals surface area contributed by atoms with Gasteiger partial charge in [0.1, 0.15) is 24.4 Å². The molecule has 0 spiro atoms. The minimum Gasteiger partial charge on any atom is -0.480 e. The van der Waals surface area contributed by atoms with Crippen LogP contribution in [0.1, 0.15) is 32.6 Å². The number of aliphatic hydroxyl groups is 3. The predicted octanol–water partition coefficient (Wildman–Crippen LogP) is -1.83. The first-order valence-corrected chi connectivity index (χ1v) is 9.77. The number of hydrogen-bond donors (Lipinski definition) is 5. The second kappa shape index (κ2) is 14.5. The van der Waals surface area contributed by atoms with Gasteiger partial charge in [0.2, 0.25) is 11.8 Å². The molecule has 0 aromatic carbocycles. The SMILES string of the molecule is CC(=O)N1CCN(C(=O)CC[C@@H](N)C(=O)O)CCCCOC[C@@H](O)[C@H](O)[C@@H](O)C1.Cl. The molecule has 12 heteroatoms. The van der Waals surface area contributed by atoms with Crippen molar-refractivity contribution in [3.8, 4) is 0 Å². The number of nitrogens with two attached hydrogens (primary N) is 1. The molecular formula is C18H34ClN3O8. The van der Waals surface area contributed by atoms with E-state index in [0.717, 1.165) is 0 Å². The Morgan fingerprint density at radius 1 is 1.07 bits per heavy atom. The van der Waals surface area contributed by atoms with Crippen LogP contribution in [-0.2, 0) is 19.1 Å². The number of carboxylic acids is 1. The number of hydrogen-bond acceptors (Lipinski definition) is 8. The third-order valence-corrected chi connectivity index (χ3v) is 4.88. The van der Waals surface area contributed by atoms with E-state index in [9.17, 15) is 29.7 Å². The van der Waals surface area contributed by atoms with Crippen molar-refractivity contribution < 1.29 is 39.5 Å². The summed E-state index contributed by atoms with van der Waals surface area (Å²) in [5, 5.41) is 38.9. The average molecular weight is 456 g/mol. The van der Waals surface area contributed by atoms with Gasteiger partial charge in [-0.3, -0.25) is 14.4 Å². The van der Waals surface area contributed by atoms with Crippen LogP contribution in [0.4, 0.5) is 0 Å². The topological polar surface area (TPSA) is 174 Å². The van der Waals surface area contributed by atoms with Crippen molar-refractivity contribution in [1.82, 2.24) is 9.80 Å². The van der Waals surface area contributed by atoms with E-state index in [1.54, 1.807) is 0 Å². The highest BCUT2D eigenvalue weighted by atomic mass is 35.5.